The molecule has 0 radical (unpaired) electrons. The van der Waals surface area contributed by atoms with Crippen molar-refractivity contribution in [3.8, 4) is 6.07 Å². The highest BCUT2D eigenvalue weighted by Crippen LogP contribution is 2.17. The van der Waals surface area contributed by atoms with Crippen LogP contribution in [0.1, 0.15) is 55.5 Å². The lowest BCUT2D eigenvalue weighted by atomic mass is 9.99. The van der Waals surface area contributed by atoms with E-state index in [-0.39, 0.29) is 5.91 Å². The van der Waals surface area contributed by atoms with Crippen molar-refractivity contribution in [2.45, 2.75) is 45.6 Å². The summed E-state index contributed by atoms with van der Waals surface area (Å²) in [4.78, 5) is 14.9. The van der Waals surface area contributed by atoms with Crippen LogP contribution in [0.2, 0.25) is 0 Å². The Bertz CT molecular complexity index is 556. The molecule has 23 heavy (non-hydrogen) atoms. The highest BCUT2D eigenvalue weighted by Gasteiger charge is 2.22. The molecule has 1 amide bonds. The summed E-state index contributed by atoms with van der Waals surface area (Å²) in [7, 11) is 0. The van der Waals surface area contributed by atoms with Gasteiger partial charge in [-0.25, -0.2) is 0 Å². The highest BCUT2D eigenvalue weighted by atomic mass is 16.1. The average molecular weight is 313 g/mol. The van der Waals surface area contributed by atoms with Crippen molar-refractivity contribution < 1.29 is 4.79 Å². The second-order valence-corrected chi connectivity index (χ2v) is 6.78. The molecule has 1 fully saturated rings. The third kappa shape index (κ3) is 5.37. The van der Waals surface area contributed by atoms with Crippen LogP contribution in [-0.4, -0.2) is 36.5 Å². The van der Waals surface area contributed by atoms with E-state index in [1.807, 2.05) is 0 Å². The van der Waals surface area contributed by atoms with Gasteiger partial charge in [-0.15, -0.1) is 0 Å². The molecule has 0 spiro atoms. The molecule has 0 aromatic heterocycles. The van der Waals surface area contributed by atoms with Crippen molar-refractivity contribution in [3.63, 3.8) is 0 Å². The normalized spacial score (nSPS) is 16.8. The maximum atomic E-state index is 12.3. The van der Waals surface area contributed by atoms with Crippen LogP contribution in [0.25, 0.3) is 0 Å². The van der Waals surface area contributed by atoms with E-state index in [2.05, 4.69) is 30.1 Å². The number of nitrogens with one attached hydrogen (secondary N) is 1. The van der Waals surface area contributed by atoms with E-state index >= 15 is 0 Å². The Morgan fingerprint density at radius 1 is 1.30 bits per heavy atom. The molecule has 1 heterocycles. The van der Waals surface area contributed by atoms with E-state index in [0.29, 0.717) is 29.6 Å². The molecule has 1 aliphatic heterocycles. The number of likely N-dealkylation sites (tertiary alicyclic amines) is 1. The molecule has 1 aromatic carbocycles. The standard InChI is InChI=1S/C19H27N3O/c1-15(2)11-18(22-9-4-3-5-10-22)14-21-19(23)17-8-6-7-16(12-17)13-20/h6-8,12,15,18H,3-5,9-11,14H2,1-2H3,(H,21,23). The Balaban J connectivity index is 1.96. The van der Waals surface area contributed by atoms with E-state index in [4.69, 9.17) is 5.26 Å². The Kier molecular flexibility index (Phi) is 6.61. The van der Waals surface area contributed by atoms with E-state index in [1.165, 1.54) is 19.3 Å². The highest BCUT2D eigenvalue weighted by molar-refractivity contribution is 5.94. The number of carbonyl (C=O) groups excluding carboxylic acids is 1. The molecule has 0 bridgehead atoms. The lowest BCUT2D eigenvalue weighted by molar-refractivity contribution is 0.0913. The first-order chi connectivity index (χ1) is 11.1. The van der Waals surface area contributed by atoms with E-state index in [0.717, 1.165) is 19.5 Å². The SMILES string of the molecule is CC(C)CC(CNC(=O)c1cccc(C#N)c1)N1CCCCC1. The maximum Gasteiger partial charge on any atom is 0.251 e. The van der Waals surface area contributed by atoms with Crippen LogP contribution in [0.3, 0.4) is 0 Å². The predicted octanol–water partition coefficient (Wildman–Crippen LogP) is 3.19. The van der Waals surface area contributed by atoms with Gasteiger partial charge in [-0.2, -0.15) is 5.26 Å². The topological polar surface area (TPSA) is 56.1 Å². The van der Waals surface area contributed by atoms with Crippen molar-refractivity contribution in [1.29, 1.82) is 5.26 Å². The minimum absolute atomic E-state index is 0.0899. The number of hydrogen-bond acceptors (Lipinski definition) is 3. The molecule has 1 aromatic rings. The van der Waals surface area contributed by atoms with Crippen LogP contribution >= 0.6 is 0 Å². The fraction of sp³-hybridized carbons (Fsp3) is 0.579. The lowest BCUT2D eigenvalue weighted by Gasteiger charge is -2.35. The number of hydrogen-bond donors (Lipinski definition) is 1. The monoisotopic (exact) mass is 313 g/mol. The molecule has 124 valence electrons. The summed E-state index contributed by atoms with van der Waals surface area (Å²) < 4.78 is 0. The first kappa shape index (κ1) is 17.5. The Morgan fingerprint density at radius 2 is 2.04 bits per heavy atom. The van der Waals surface area contributed by atoms with Gasteiger partial charge < -0.3 is 5.32 Å². The van der Waals surface area contributed by atoms with Gasteiger partial charge in [0.2, 0.25) is 0 Å². The first-order valence-corrected chi connectivity index (χ1v) is 8.62. The summed E-state index contributed by atoms with van der Waals surface area (Å²) in [6.45, 7) is 7.41. The molecule has 1 aliphatic rings. The van der Waals surface area contributed by atoms with Crippen LogP contribution < -0.4 is 5.32 Å². The van der Waals surface area contributed by atoms with Gasteiger partial charge in [-0.1, -0.05) is 26.3 Å². The van der Waals surface area contributed by atoms with Gasteiger partial charge in [0.1, 0.15) is 0 Å². The first-order valence-electron chi connectivity index (χ1n) is 8.62. The maximum absolute atomic E-state index is 12.3. The zero-order valence-electron chi connectivity index (χ0n) is 14.2. The molecular formula is C19H27N3O. The second-order valence-electron chi connectivity index (χ2n) is 6.78. The van der Waals surface area contributed by atoms with E-state index in [9.17, 15) is 4.79 Å². The zero-order chi connectivity index (χ0) is 16.7. The van der Waals surface area contributed by atoms with Crippen molar-refractivity contribution in [2.24, 2.45) is 5.92 Å². The van der Waals surface area contributed by atoms with E-state index < -0.39 is 0 Å². The summed E-state index contributed by atoms with van der Waals surface area (Å²) >= 11 is 0. The zero-order valence-corrected chi connectivity index (χ0v) is 14.2. The molecule has 1 saturated heterocycles. The van der Waals surface area contributed by atoms with Crippen LogP contribution in [0.5, 0.6) is 0 Å². The number of benzene rings is 1. The van der Waals surface area contributed by atoms with Crippen LogP contribution in [0.4, 0.5) is 0 Å². The van der Waals surface area contributed by atoms with Crippen LogP contribution in [-0.2, 0) is 0 Å². The van der Waals surface area contributed by atoms with Crippen LogP contribution in [0.15, 0.2) is 24.3 Å². The van der Waals surface area contributed by atoms with Crippen molar-refractivity contribution in [3.05, 3.63) is 35.4 Å². The minimum Gasteiger partial charge on any atom is -0.350 e. The van der Waals surface area contributed by atoms with Gasteiger partial charge in [0.05, 0.1) is 11.6 Å². The smallest absolute Gasteiger partial charge is 0.251 e. The molecule has 4 heteroatoms. The van der Waals surface area contributed by atoms with Gasteiger partial charge in [0, 0.05) is 18.2 Å². The molecular weight excluding hydrogens is 286 g/mol. The minimum atomic E-state index is -0.0899. The molecule has 1 unspecified atom stereocenters. The predicted molar refractivity (Wildman–Crippen MR) is 92.2 cm³/mol. The van der Waals surface area contributed by atoms with Gasteiger partial charge in [0.25, 0.3) is 5.91 Å². The van der Waals surface area contributed by atoms with Crippen molar-refractivity contribution in [1.82, 2.24) is 10.2 Å². The molecule has 4 nitrogen and oxygen atoms in total. The largest absolute Gasteiger partial charge is 0.350 e. The molecule has 1 atom stereocenters. The number of amides is 1. The van der Waals surface area contributed by atoms with E-state index in [1.54, 1.807) is 24.3 Å². The quantitative estimate of drug-likeness (QED) is 0.877. The van der Waals surface area contributed by atoms with Gasteiger partial charge in [-0.3, -0.25) is 9.69 Å². The number of nitriles is 1. The summed E-state index contributed by atoms with van der Waals surface area (Å²) in [5, 5.41) is 12.0. The third-order valence-electron chi connectivity index (χ3n) is 4.40. The third-order valence-corrected chi connectivity index (χ3v) is 4.40. The van der Waals surface area contributed by atoms with Crippen LogP contribution in [0, 0.1) is 17.2 Å². The van der Waals surface area contributed by atoms with Crippen molar-refractivity contribution >= 4 is 5.91 Å². The number of rotatable bonds is 6. The summed E-state index contributed by atoms with van der Waals surface area (Å²) in [5.74, 6) is 0.522. The average Bonchev–Trinajstić information content (AvgIpc) is 2.58. The summed E-state index contributed by atoms with van der Waals surface area (Å²) in [6, 6.07) is 9.35. The molecule has 1 N–H and O–H groups in total. The fourth-order valence-corrected chi connectivity index (χ4v) is 3.23. The Morgan fingerprint density at radius 3 is 2.70 bits per heavy atom. The summed E-state index contributed by atoms with van der Waals surface area (Å²) in [6.07, 6.45) is 4.93. The van der Waals surface area contributed by atoms with Gasteiger partial charge in [-0.05, 0) is 56.5 Å². The number of carbonyl (C=O) groups is 1. The van der Waals surface area contributed by atoms with Crippen molar-refractivity contribution in [2.75, 3.05) is 19.6 Å². The number of nitrogens with zero attached hydrogens (tertiary/aromatic N) is 2. The number of piperidine rings is 1. The molecule has 0 aliphatic carbocycles. The molecule has 2 rings (SSSR count). The summed E-state index contributed by atoms with van der Waals surface area (Å²) in [5.41, 5.74) is 1.08. The fourth-order valence-electron chi connectivity index (χ4n) is 3.23. The van der Waals surface area contributed by atoms with Gasteiger partial charge in [0.15, 0.2) is 0 Å². The Hall–Kier alpha value is -1.86. The van der Waals surface area contributed by atoms with Gasteiger partial charge >= 0.3 is 0 Å². The lowest BCUT2D eigenvalue weighted by Crippen LogP contribution is -2.46. The molecule has 0 saturated carbocycles. The Labute approximate surface area is 139 Å². The second kappa shape index (κ2) is 8.69.